The first-order valence-electron chi connectivity index (χ1n) is 7.82. The summed E-state index contributed by atoms with van der Waals surface area (Å²) in [6.07, 6.45) is -0.0566. The van der Waals surface area contributed by atoms with E-state index in [0.29, 0.717) is 11.4 Å². The number of carboxylic acids is 1. The number of hydrogen-bond acceptors (Lipinski definition) is 3. The van der Waals surface area contributed by atoms with Gasteiger partial charge in [-0.15, -0.1) is 0 Å². The standard InChI is InChI=1S/C19H20N2O4/c1-12(22)20-16-7-3-14(4-8-16)18(11-19(24)25)15-5-9-17(10-6-15)21-13(2)23/h3-10,18H,11H2,1-2H3,(H,20,22)(H,21,23)(H,24,25). The van der Waals surface area contributed by atoms with Gasteiger partial charge in [-0.3, -0.25) is 14.4 Å². The number of hydrogen-bond donors (Lipinski definition) is 3. The van der Waals surface area contributed by atoms with Crippen molar-refractivity contribution in [2.24, 2.45) is 0 Å². The van der Waals surface area contributed by atoms with E-state index in [4.69, 9.17) is 0 Å². The Kier molecular flexibility index (Phi) is 5.89. The molecule has 0 aliphatic heterocycles. The van der Waals surface area contributed by atoms with Crippen LogP contribution < -0.4 is 10.6 Å². The molecule has 0 saturated heterocycles. The SMILES string of the molecule is CC(=O)Nc1ccc(C(CC(=O)O)c2ccc(NC(C)=O)cc2)cc1. The molecule has 2 rings (SSSR count). The topological polar surface area (TPSA) is 95.5 Å². The van der Waals surface area contributed by atoms with Crippen LogP contribution in [-0.4, -0.2) is 22.9 Å². The van der Waals surface area contributed by atoms with Gasteiger partial charge in [-0.1, -0.05) is 24.3 Å². The molecule has 0 aliphatic carbocycles. The Morgan fingerprint density at radius 1 is 0.800 bits per heavy atom. The van der Waals surface area contributed by atoms with Crippen molar-refractivity contribution in [3.05, 3.63) is 59.7 Å². The van der Waals surface area contributed by atoms with Gasteiger partial charge >= 0.3 is 5.97 Å². The number of carbonyl (C=O) groups excluding carboxylic acids is 2. The van der Waals surface area contributed by atoms with E-state index in [1.807, 2.05) is 0 Å². The number of carboxylic acid groups (broad SMARTS) is 1. The fourth-order valence-electron chi connectivity index (χ4n) is 2.61. The third kappa shape index (κ3) is 5.46. The van der Waals surface area contributed by atoms with E-state index in [1.54, 1.807) is 48.5 Å². The van der Waals surface area contributed by atoms with Crippen LogP contribution in [0.2, 0.25) is 0 Å². The highest BCUT2D eigenvalue weighted by molar-refractivity contribution is 5.89. The lowest BCUT2D eigenvalue weighted by atomic mass is 9.88. The molecular formula is C19H20N2O4. The van der Waals surface area contributed by atoms with Crippen molar-refractivity contribution in [2.75, 3.05) is 10.6 Å². The molecule has 130 valence electrons. The molecule has 0 radical (unpaired) electrons. The van der Waals surface area contributed by atoms with Gasteiger partial charge in [0.15, 0.2) is 0 Å². The minimum Gasteiger partial charge on any atom is -0.481 e. The number of aliphatic carboxylic acids is 1. The molecule has 0 aromatic heterocycles. The Hall–Kier alpha value is -3.15. The van der Waals surface area contributed by atoms with E-state index in [2.05, 4.69) is 10.6 Å². The predicted octanol–water partition coefficient (Wildman–Crippen LogP) is 3.21. The largest absolute Gasteiger partial charge is 0.481 e. The molecule has 0 spiro atoms. The number of rotatable bonds is 6. The number of carbonyl (C=O) groups is 3. The number of amides is 2. The van der Waals surface area contributed by atoms with Crippen LogP contribution in [0.3, 0.4) is 0 Å². The van der Waals surface area contributed by atoms with Gasteiger partial charge in [0, 0.05) is 31.1 Å². The molecule has 2 amide bonds. The second-order valence-electron chi connectivity index (χ2n) is 5.76. The fourth-order valence-corrected chi connectivity index (χ4v) is 2.61. The Morgan fingerprint density at radius 3 is 1.44 bits per heavy atom. The molecule has 0 atom stereocenters. The van der Waals surface area contributed by atoms with Gasteiger partial charge in [0.2, 0.25) is 11.8 Å². The van der Waals surface area contributed by atoms with E-state index in [-0.39, 0.29) is 24.2 Å². The minimum atomic E-state index is -0.901. The zero-order valence-electron chi connectivity index (χ0n) is 14.1. The van der Waals surface area contributed by atoms with E-state index >= 15 is 0 Å². The Labute approximate surface area is 145 Å². The van der Waals surface area contributed by atoms with Crippen LogP contribution in [0.15, 0.2) is 48.5 Å². The molecule has 6 heteroatoms. The van der Waals surface area contributed by atoms with Crippen LogP contribution in [-0.2, 0) is 14.4 Å². The van der Waals surface area contributed by atoms with Gasteiger partial charge in [0.25, 0.3) is 0 Å². The number of anilines is 2. The zero-order valence-corrected chi connectivity index (χ0v) is 14.1. The van der Waals surface area contributed by atoms with E-state index in [0.717, 1.165) is 11.1 Å². The summed E-state index contributed by atoms with van der Waals surface area (Å²) in [6.45, 7) is 2.86. The maximum absolute atomic E-state index is 11.3. The summed E-state index contributed by atoms with van der Waals surface area (Å²) < 4.78 is 0. The van der Waals surface area contributed by atoms with Crippen LogP contribution in [0.25, 0.3) is 0 Å². The van der Waals surface area contributed by atoms with Gasteiger partial charge in [0.1, 0.15) is 0 Å². The van der Waals surface area contributed by atoms with Crippen molar-refractivity contribution in [1.82, 2.24) is 0 Å². The highest BCUT2D eigenvalue weighted by atomic mass is 16.4. The zero-order chi connectivity index (χ0) is 18.4. The average Bonchev–Trinajstić information content (AvgIpc) is 2.53. The molecule has 3 N–H and O–H groups in total. The molecule has 0 aliphatic rings. The Morgan fingerprint density at radius 2 is 1.16 bits per heavy atom. The number of benzene rings is 2. The summed E-state index contributed by atoms with van der Waals surface area (Å²) in [7, 11) is 0. The third-order valence-electron chi connectivity index (χ3n) is 3.65. The number of nitrogens with one attached hydrogen (secondary N) is 2. The van der Waals surface area contributed by atoms with Gasteiger partial charge in [0.05, 0.1) is 6.42 Å². The highest BCUT2D eigenvalue weighted by Gasteiger charge is 2.18. The smallest absolute Gasteiger partial charge is 0.304 e. The van der Waals surface area contributed by atoms with Gasteiger partial charge < -0.3 is 15.7 Å². The quantitative estimate of drug-likeness (QED) is 0.752. The van der Waals surface area contributed by atoms with Crippen LogP contribution in [0.4, 0.5) is 11.4 Å². The monoisotopic (exact) mass is 340 g/mol. The normalized spacial score (nSPS) is 10.4. The Balaban J connectivity index is 2.27. The molecule has 0 fully saturated rings. The first kappa shape index (κ1) is 18.2. The first-order valence-corrected chi connectivity index (χ1v) is 7.82. The lowest BCUT2D eigenvalue weighted by Gasteiger charge is -2.17. The highest BCUT2D eigenvalue weighted by Crippen LogP contribution is 2.30. The van der Waals surface area contributed by atoms with Crippen molar-refractivity contribution in [3.63, 3.8) is 0 Å². The third-order valence-corrected chi connectivity index (χ3v) is 3.65. The molecule has 2 aromatic rings. The summed E-state index contributed by atoms with van der Waals surface area (Å²) in [4.78, 5) is 33.4. The second kappa shape index (κ2) is 8.10. The van der Waals surface area contributed by atoms with Gasteiger partial charge in [-0.05, 0) is 35.4 Å². The Bertz CT molecular complexity index is 708. The van der Waals surface area contributed by atoms with Crippen LogP contribution in [0.5, 0.6) is 0 Å². The second-order valence-corrected chi connectivity index (χ2v) is 5.76. The molecule has 0 unspecified atom stereocenters. The molecule has 2 aromatic carbocycles. The maximum atomic E-state index is 11.3. The first-order chi connectivity index (χ1) is 11.8. The van der Waals surface area contributed by atoms with E-state index in [1.165, 1.54) is 13.8 Å². The summed E-state index contributed by atoms with van der Waals surface area (Å²) in [5.41, 5.74) is 2.99. The van der Waals surface area contributed by atoms with Crippen LogP contribution in [0.1, 0.15) is 37.3 Å². The van der Waals surface area contributed by atoms with Crippen molar-refractivity contribution in [3.8, 4) is 0 Å². The summed E-state index contributed by atoms with van der Waals surface area (Å²) >= 11 is 0. The van der Waals surface area contributed by atoms with Crippen molar-refractivity contribution >= 4 is 29.2 Å². The van der Waals surface area contributed by atoms with Crippen molar-refractivity contribution < 1.29 is 19.5 Å². The molecule has 0 saturated carbocycles. The molecular weight excluding hydrogens is 320 g/mol. The minimum absolute atomic E-state index is 0.0566. The molecule has 0 heterocycles. The van der Waals surface area contributed by atoms with E-state index < -0.39 is 5.97 Å². The lowest BCUT2D eigenvalue weighted by Crippen LogP contribution is -2.10. The summed E-state index contributed by atoms with van der Waals surface area (Å²) in [6, 6.07) is 14.2. The maximum Gasteiger partial charge on any atom is 0.304 e. The van der Waals surface area contributed by atoms with Crippen LogP contribution >= 0.6 is 0 Å². The molecule has 6 nitrogen and oxygen atoms in total. The molecule has 25 heavy (non-hydrogen) atoms. The van der Waals surface area contributed by atoms with Gasteiger partial charge in [-0.25, -0.2) is 0 Å². The van der Waals surface area contributed by atoms with Crippen molar-refractivity contribution in [2.45, 2.75) is 26.2 Å². The summed E-state index contributed by atoms with van der Waals surface area (Å²) in [5.74, 6) is -1.55. The summed E-state index contributed by atoms with van der Waals surface area (Å²) in [5, 5.41) is 14.6. The predicted molar refractivity (Wildman–Crippen MR) is 95.6 cm³/mol. The van der Waals surface area contributed by atoms with Crippen LogP contribution in [0, 0.1) is 0 Å². The molecule has 0 bridgehead atoms. The fraction of sp³-hybridized carbons (Fsp3) is 0.211. The van der Waals surface area contributed by atoms with E-state index in [9.17, 15) is 19.5 Å². The van der Waals surface area contributed by atoms with Crippen molar-refractivity contribution in [1.29, 1.82) is 0 Å². The lowest BCUT2D eigenvalue weighted by molar-refractivity contribution is -0.137. The average molecular weight is 340 g/mol. The van der Waals surface area contributed by atoms with Gasteiger partial charge in [-0.2, -0.15) is 0 Å².